The standard InChI is InChI=1S/C19H22ClFN2O3S/c1-14(23(27(2,25)26)18-11-9-17(21)10-12-18)19(24)22-13-3-4-15-5-7-16(20)8-6-15/h5-12,14H,3-4,13H2,1-2H3,(H,22,24)/t14-/m1/s1. The number of nitrogens with one attached hydrogen (secondary N) is 1. The number of amides is 1. The molecular weight excluding hydrogens is 391 g/mol. The first kappa shape index (κ1) is 21.2. The van der Waals surface area contributed by atoms with Gasteiger partial charge in [-0.1, -0.05) is 23.7 Å². The zero-order chi connectivity index (χ0) is 20.0. The zero-order valence-corrected chi connectivity index (χ0v) is 16.7. The molecule has 0 bridgehead atoms. The summed E-state index contributed by atoms with van der Waals surface area (Å²) in [6.07, 6.45) is 2.48. The quantitative estimate of drug-likeness (QED) is 0.676. The highest BCUT2D eigenvalue weighted by Gasteiger charge is 2.28. The molecule has 1 N–H and O–H groups in total. The van der Waals surface area contributed by atoms with Crippen molar-refractivity contribution in [2.45, 2.75) is 25.8 Å². The molecule has 27 heavy (non-hydrogen) atoms. The Bertz CT molecular complexity index is 871. The first-order valence-corrected chi connectivity index (χ1v) is 10.7. The lowest BCUT2D eigenvalue weighted by Crippen LogP contribution is -2.48. The molecule has 0 heterocycles. The summed E-state index contributed by atoms with van der Waals surface area (Å²) in [5.41, 5.74) is 1.34. The van der Waals surface area contributed by atoms with Gasteiger partial charge in [-0.3, -0.25) is 9.10 Å². The minimum absolute atomic E-state index is 0.239. The zero-order valence-electron chi connectivity index (χ0n) is 15.2. The van der Waals surface area contributed by atoms with Crippen molar-refractivity contribution in [2.75, 3.05) is 17.1 Å². The van der Waals surface area contributed by atoms with E-state index in [1.54, 1.807) is 0 Å². The predicted molar refractivity (Wildman–Crippen MR) is 106 cm³/mol. The minimum atomic E-state index is -3.72. The maximum Gasteiger partial charge on any atom is 0.243 e. The lowest BCUT2D eigenvalue weighted by Gasteiger charge is -2.28. The number of carbonyl (C=O) groups is 1. The van der Waals surface area contributed by atoms with Crippen molar-refractivity contribution in [1.82, 2.24) is 5.32 Å². The molecule has 0 radical (unpaired) electrons. The topological polar surface area (TPSA) is 66.5 Å². The largest absolute Gasteiger partial charge is 0.354 e. The Morgan fingerprint density at radius 3 is 2.30 bits per heavy atom. The predicted octanol–water partition coefficient (Wildman–Crippen LogP) is 3.38. The molecule has 0 aliphatic rings. The number of rotatable bonds is 8. The summed E-state index contributed by atoms with van der Waals surface area (Å²) in [6.45, 7) is 1.91. The van der Waals surface area contributed by atoms with Crippen molar-refractivity contribution >= 4 is 33.2 Å². The van der Waals surface area contributed by atoms with E-state index in [2.05, 4.69) is 5.32 Å². The summed E-state index contributed by atoms with van der Waals surface area (Å²) in [5, 5.41) is 3.42. The van der Waals surface area contributed by atoms with Gasteiger partial charge in [0.2, 0.25) is 15.9 Å². The van der Waals surface area contributed by atoms with Crippen LogP contribution in [0.3, 0.4) is 0 Å². The molecule has 146 valence electrons. The van der Waals surface area contributed by atoms with Crippen molar-refractivity contribution in [3.8, 4) is 0 Å². The Balaban J connectivity index is 1.96. The van der Waals surface area contributed by atoms with Crippen LogP contribution in [0.4, 0.5) is 10.1 Å². The normalized spacial score (nSPS) is 12.4. The van der Waals surface area contributed by atoms with Crippen LogP contribution in [0.5, 0.6) is 0 Å². The molecule has 0 aliphatic heterocycles. The maximum absolute atomic E-state index is 13.1. The molecule has 0 spiro atoms. The summed E-state index contributed by atoms with van der Waals surface area (Å²) >= 11 is 5.84. The number of aryl methyl sites for hydroxylation is 1. The summed E-state index contributed by atoms with van der Waals surface area (Å²) < 4.78 is 38.4. The minimum Gasteiger partial charge on any atom is -0.354 e. The van der Waals surface area contributed by atoms with Gasteiger partial charge in [0.25, 0.3) is 0 Å². The number of benzene rings is 2. The molecule has 0 aliphatic carbocycles. The molecule has 1 atom stereocenters. The average molecular weight is 413 g/mol. The number of hydrogen-bond donors (Lipinski definition) is 1. The van der Waals surface area contributed by atoms with E-state index in [4.69, 9.17) is 11.6 Å². The van der Waals surface area contributed by atoms with Crippen LogP contribution < -0.4 is 9.62 Å². The fourth-order valence-corrected chi connectivity index (χ4v) is 4.00. The van der Waals surface area contributed by atoms with Crippen LogP contribution in [0.2, 0.25) is 5.02 Å². The highest BCUT2D eigenvalue weighted by molar-refractivity contribution is 7.92. The van der Waals surface area contributed by atoms with Crippen molar-refractivity contribution in [1.29, 1.82) is 0 Å². The first-order valence-electron chi connectivity index (χ1n) is 8.45. The second-order valence-electron chi connectivity index (χ2n) is 6.23. The molecule has 2 aromatic carbocycles. The number of halogens is 2. The van der Waals surface area contributed by atoms with Gasteiger partial charge >= 0.3 is 0 Å². The first-order chi connectivity index (χ1) is 12.7. The highest BCUT2D eigenvalue weighted by atomic mass is 35.5. The van der Waals surface area contributed by atoms with Crippen LogP contribution in [-0.4, -0.2) is 33.2 Å². The Morgan fingerprint density at radius 2 is 1.74 bits per heavy atom. The van der Waals surface area contributed by atoms with Crippen molar-refractivity contribution in [2.24, 2.45) is 0 Å². The van der Waals surface area contributed by atoms with Crippen LogP contribution in [-0.2, 0) is 21.2 Å². The third-order valence-corrected chi connectivity index (χ3v) is 5.52. The van der Waals surface area contributed by atoms with E-state index < -0.39 is 27.8 Å². The SMILES string of the molecule is C[C@H](C(=O)NCCCc1ccc(Cl)cc1)N(c1ccc(F)cc1)S(C)(=O)=O. The fraction of sp³-hybridized carbons (Fsp3) is 0.316. The van der Waals surface area contributed by atoms with E-state index in [0.717, 1.165) is 34.7 Å². The Kier molecular flexibility index (Phi) is 7.21. The number of sulfonamides is 1. The van der Waals surface area contributed by atoms with Gasteiger partial charge < -0.3 is 5.32 Å². The highest BCUT2D eigenvalue weighted by Crippen LogP contribution is 2.21. The molecule has 0 fully saturated rings. The van der Waals surface area contributed by atoms with Crippen LogP contribution in [0.25, 0.3) is 0 Å². The molecule has 0 aromatic heterocycles. The molecule has 8 heteroatoms. The van der Waals surface area contributed by atoms with Crippen molar-refractivity contribution in [3.05, 3.63) is 64.9 Å². The second kappa shape index (κ2) is 9.19. The molecule has 0 saturated carbocycles. The lowest BCUT2D eigenvalue weighted by molar-refractivity contribution is -0.121. The molecule has 2 aromatic rings. The maximum atomic E-state index is 13.1. The molecule has 0 saturated heterocycles. The smallest absolute Gasteiger partial charge is 0.243 e. The third kappa shape index (κ3) is 6.22. The Morgan fingerprint density at radius 1 is 1.15 bits per heavy atom. The van der Waals surface area contributed by atoms with E-state index in [-0.39, 0.29) is 5.69 Å². The molecule has 5 nitrogen and oxygen atoms in total. The summed E-state index contributed by atoms with van der Waals surface area (Å²) in [7, 11) is -3.72. The van der Waals surface area contributed by atoms with Crippen LogP contribution in [0, 0.1) is 5.82 Å². The van der Waals surface area contributed by atoms with Gasteiger partial charge in [-0.15, -0.1) is 0 Å². The van der Waals surface area contributed by atoms with Gasteiger partial charge in [-0.2, -0.15) is 0 Å². The lowest BCUT2D eigenvalue weighted by atomic mass is 10.1. The number of carbonyl (C=O) groups excluding carboxylic acids is 1. The van der Waals surface area contributed by atoms with Gasteiger partial charge in [0, 0.05) is 11.6 Å². The number of anilines is 1. The van der Waals surface area contributed by atoms with E-state index in [9.17, 15) is 17.6 Å². The second-order valence-corrected chi connectivity index (χ2v) is 8.53. The fourth-order valence-electron chi connectivity index (χ4n) is 2.70. The average Bonchev–Trinajstić information content (AvgIpc) is 2.60. The van der Waals surface area contributed by atoms with Crippen molar-refractivity contribution in [3.63, 3.8) is 0 Å². The molecule has 2 rings (SSSR count). The number of nitrogens with zero attached hydrogens (tertiary/aromatic N) is 1. The van der Waals surface area contributed by atoms with Gasteiger partial charge in [0.15, 0.2) is 0 Å². The van der Waals surface area contributed by atoms with E-state index in [0.29, 0.717) is 18.0 Å². The summed E-state index contributed by atoms with van der Waals surface area (Å²) in [6, 6.07) is 11.5. The van der Waals surface area contributed by atoms with Gasteiger partial charge in [-0.25, -0.2) is 12.8 Å². The number of hydrogen-bond acceptors (Lipinski definition) is 3. The van der Waals surface area contributed by atoms with Crippen LogP contribution >= 0.6 is 11.6 Å². The van der Waals surface area contributed by atoms with Crippen LogP contribution in [0.1, 0.15) is 18.9 Å². The van der Waals surface area contributed by atoms with E-state index >= 15 is 0 Å². The summed E-state index contributed by atoms with van der Waals surface area (Å²) in [4.78, 5) is 12.4. The van der Waals surface area contributed by atoms with Gasteiger partial charge in [-0.05, 0) is 61.7 Å². The molecule has 1 amide bonds. The van der Waals surface area contributed by atoms with Gasteiger partial charge in [0.05, 0.1) is 11.9 Å². The summed E-state index contributed by atoms with van der Waals surface area (Å²) in [5.74, 6) is -0.896. The van der Waals surface area contributed by atoms with E-state index in [1.807, 2.05) is 24.3 Å². The monoisotopic (exact) mass is 412 g/mol. The van der Waals surface area contributed by atoms with Gasteiger partial charge in [0.1, 0.15) is 11.9 Å². The molecular formula is C19H22ClFN2O3S. The molecule has 0 unspecified atom stereocenters. The third-order valence-electron chi connectivity index (χ3n) is 4.02. The Hall–Kier alpha value is -2.12. The van der Waals surface area contributed by atoms with Crippen molar-refractivity contribution < 1.29 is 17.6 Å². The Labute approximate surface area is 164 Å². The van der Waals surface area contributed by atoms with Crippen LogP contribution in [0.15, 0.2) is 48.5 Å². The van der Waals surface area contributed by atoms with E-state index in [1.165, 1.54) is 19.1 Å².